The highest BCUT2D eigenvalue weighted by atomic mass is 16.3. The van der Waals surface area contributed by atoms with Crippen LogP contribution in [0.15, 0.2) is 67.0 Å². The summed E-state index contributed by atoms with van der Waals surface area (Å²) in [7, 11) is 0. The lowest BCUT2D eigenvalue weighted by molar-refractivity contribution is 0.216. The molecule has 2 heteroatoms. The molecule has 0 saturated carbocycles. The predicted molar refractivity (Wildman–Crippen MR) is 68.0 cm³/mol. The Bertz CT molecular complexity index is 220. The molecule has 0 radical (unpaired) electrons. The Kier molecular flexibility index (Phi) is 10.2. The third-order valence-corrected chi connectivity index (χ3v) is 1.23. The van der Waals surface area contributed by atoms with E-state index in [1.807, 2.05) is 54.6 Å². The average Bonchev–Trinajstić information content (AvgIpc) is 2.34. The first-order valence-electron chi connectivity index (χ1n) is 5.26. The zero-order valence-electron chi connectivity index (χ0n) is 9.82. The normalized spacial score (nSPS) is 8.25. The van der Waals surface area contributed by atoms with Gasteiger partial charge in [0.05, 0.1) is 0 Å². The molecule has 1 aromatic carbocycles. The van der Waals surface area contributed by atoms with Crippen LogP contribution in [0, 0.1) is 0 Å². The van der Waals surface area contributed by atoms with Gasteiger partial charge < -0.3 is 5.11 Å². The summed E-state index contributed by atoms with van der Waals surface area (Å²) in [5.41, 5.74) is 0. The van der Waals surface area contributed by atoms with Crippen molar-refractivity contribution < 1.29 is 5.11 Å². The highest BCUT2D eigenvalue weighted by Crippen LogP contribution is 1.79. The number of aromatic nitrogens is 1. The Morgan fingerprint density at radius 1 is 0.688 bits per heavy atom. The van der Waals surface area contributed by atoms with Gasteiger partial charge in [0.2, 0.25) is 0 Å². The summed E-state index contributed by atoms with van der Waals surface area (Å²) in [6.45, 7) is 3.44. The molecule has 86 valence electrons. The molecule has 16 heavy (non-hydrogen) atoms. The maximum Gasteiger partial charge on any atom is 0.0483 e. The second kappa shape index (κ2) is 11.4. The standard InChI is InChI=1S/C6H6.C5H5N.C3H8O/c2*1-2-4-6-5-3-1;1-3(2)4/h1-6H;1-5H;3-4H,1-2H3. The molecule has 2 aromatic rings. The van der Waals surface area contributed by atoms with Gasteiger partial charge in [-0.05, 0) is 26.0 Å². The molecule has 1 heterocycles. The van der Waals surface area contributed by atoms with Crippen LogP contribution in [-0.2, 0) is 0 Å². The molecule has 0 fully saturated rings. The first-order chi connectivity index (χ1) is 7.73. The Morgan fingerprint density at radius 2 is 0.938 bits per heavy atom. The van der Waals surface area contributed by atoms with Crippen LogP contribution in [0.4, 0.5) is 0 Å². The molecule has 0 amide bonds. The van der Waals surface area contributed by atoms with E-state index in [0.717, 1.165) is 0 Å². The van der Waals surface area contributed by atoms with Gasteiger partial charge in [0.1, 0.15) is 0 Å². The molecule has 0 aliphatic rings. The smallest absolute Gasteiger partial charge is 0.0483 e. The fourth-order valence-corrected chi connectivity index (χ4v) is 0.698. The van der Waals surface area contributed by atoms with Gasteiger partial charge in [0.25, 0.3) is 0 Å². The van der Waals surface area contributed by atoms with Crippen LogP contribution in [0.25, 0.3) is 0 Å². The molecule has 2 nitrogen and oxygen atoms in total. The summed E-state index contributed by atoms with van der Waals surface area (Å²) in [6.07, 6.45) is 3.33. The Labute approximate surface area is 97.6 Å². The van der Waals surface area contributed by atoms with E-state index in [2.05, 4.69) is 4.98 Å². The highest BCUT2D eigenvalue weighted by Gasteiger charge is 1.69. The van der Waals surface area contributed by atoms with Gasteiger partial charge in [-0.1, -0.05) is 42.5 Å². The van der Waals surface area contributed by atoms with E-state index in [1.54, 1.807) is 26.2 Å². The zero-order valence-corrected chi connectivity index (χ0v) is 9.82. The maximum absolute atomic E-state index is 8.06. The van der Waals surface area contributed by atoms with E-state index in [4.69, 9.17) is 5.11 Å². The number of hydrogen-bond acceptors (Lipinski definition) is 2. The number of rotatable bonds is 0. The van der Waals surface area contributed by atoms with Crippen molar-refractivity contribution in [3.8, 4) is 0 Å². The van der Waals surface area contributed by atoms with Crippen molar-refractivity contribution in [2.24, 2.45) is 0 Å². The van der Waals surface area contributed by atoms with Crippen LogP contribution >= 0.6 is 0 Å². The van der Waals surface area contributed by atoms with E-state index < -0.39 is 0 Å². The minimum absolute atomic E-state index is 0.167. The lowest BCUT2D eigenvalue weighted by Gasteiger charge is -1.80. The van der Waals surface area contributed by atoms with Gasteiger partial charge in [0.15, 0.2) is 0 Å². The van der Waals surface area contributed by atoms with E-state index >= 15 is 0 Å². The van der Waals surface area contributed by atoms with Crippen molar-refractivity contribution >= 4 is 0 Å². The lowest BCUT2D eigenvalue weighted by Crippen LogP contribution is -1.85. The molecule has 1 aromatic heterocycles. The van der Waals surface area contributed by atoms with Crippen molar-refractivity contribution in [1.29, 1.82) is 0 Å². The third-order valence-electron chi connectivity index (χ3n) is 1.23. The van der Waals surface area contributed by atoms with E-state index in [9.17, 15) is 0 Å². The monoisotopic (exact) mass is 217 g/mol. The molecule has 0 spiro atoms. The second-order valence-electron chi connectivity index (χ2n) is 3.27. The van der Waals surface area contributed by atoms with E-state index in [-0.39, 0.29) is 6.10 Å². The molecule has 0 aliphatic carbocycles. The van der Waals surface area contributed by atoms with Crippen LogP contribution in [0.2, 0.25) is 0 Å². The van der Waals surface area contributed by atoms with Gasteiger partial charge in [-0.2, -0.15) is 0 Å². The van der Waals surface area contributed by atoms with Gasteiger partial charge >= 0.3 is 0 Å². The second-order valence-corrected chi connectivity index (χ2v) is 3.27. The van der Waals surface area contributed by atoms with Crippen molar-refractivity contribution in [2.75, 3.05) is 0 Å². The largest absolute Gasteiger partial charge is 0.394 e. The van der Waals surface area contributed by atoms with Crippen LogP contribution in [0.1, 0.15) is 13.8 Å². The highest BCUT2D eigenvalue weighted by molar-refractivity contribution is 4.99. The first-order valence-corrected chi connectivity index (χ1v) is 5.26. The van der Waals surface area contributed by atoms with Gasteiger partial charge in [-0.15, -0.1) is 0 Å². The summed E-state index contributed by atoms with van der Waals surface area (Å²) in [4.78, 5) is 3.78. The number of benzene rings is 1. The average molecular weight is 217 g/mol. The van der Waals surface area contributed by atoms with Crippen molar-refractivity contribution in [3.63, 3.8) is 0 Å². The molecule has 0 bridgehead atoms. The van der Waals surface area contributed by atoms with Gasteiger partial charge in [-0.25, -0.2) is 0 Å². The number of nitrogens with zero attached hydrogens (tertiary/aromatic N) is 1. The number of aliphatic hydroxyl groups is 1. The summed E-state index contributed by atoms with van der Waals surface area (Å²) in [6, 6.07) is 17.7. The molecule has 0 saturated heterocycles. The first kappa shape index (κ1) is 14.3. The van der Waals surface area contributed by atoms with Crippen LogP contribution < -0.4 is 0 Å². The maximum atomic E-state index is 8.06. The molecule has 0 atom stereocenters. The van der Waals surface area contributed by atoms with Crippen LogP contribution in [0.3, 0.4) is 0 Å². The van der Waals surface area contributed by atoms with Crippen LogP contribution in [-0.4, -0.2) is 16.2 Å². The molecule has 0 unspecified atom stereocenters. The zero-order chi connectivity index (χ0) is 12.1. The quantitative estimate of drug-likeness (QED) is 0.735. The molecule has 0 aliphatic heterocycles. The Morgan fingerprint density at radius 3 is 1.06 bits per heavy atom. The number of hydrogen-bond donors (Lipinski definition) is 1. The van der Waals surface area contributed by atoms with E-state index in [1.165, 1.54) is 0 Å². The third kappa shape index (κ3) is 14.8. The van der Waals surface area contributed by atoms with Crippen LogP contribution in [0.5, 0.6) is 0 Å². The molecular formula is C14H19NO. The SMILES string of the molecule is CC(C)O.c1ccccc1.c1ccncc1. The fraction of sp³-hybridized carbons (Fsp3) is 0.214. The van der Waals surface area contributed by atoms with Crippen molar-refractivity contribution in [1.82, 2.24) is 4.98 Å². The summed E-state index contributed by atoms with van der Waals surface area (Å²) in [5.74, 6) is 0. The molecule has 1 N–H and O–H groups in total. The fourth-order valence-electron chi connectivity index (χ4n) is 0.698. The van der Waals surface area contributed by atoms with Gasteiger partial charge in [0, 0.05) is 18.5 Å². The molecular weight excluding hydrogens is 198 g/mol. The van der Waals surface area contributed by atoms with Gasteiger partial charge in [-0.3, -0.25) is 4.98 Å². The lowest BCUT2D eigenvalue weighted by atomic mass is 10.4. The predicted octanol–water partition coefficient (Wildman–Crippen LogP) is 3.16. The minimum Gasteiger partial charge on any atom is -0.394 e. The summed E-state index contributed by atoms with van der Waals surface area (Å²) in [5, 5.41) is 8.06. The number of pyridine rings is 1. The molecule has 2 rings (SSSR count). The summed E-state index contributed by atoms with van der Waals surface area (Å²) < 4.78 is 0. The number of aliphatic hydroxyl groups excluding tert-OH is 1. The Hall–Kier alpha value is -1.67. The van der Waals surface area contributed by atoms with Crippen molar-refractivity contribution in [3.05, 3.63) is 67.0 Å². The topological polar surface area (TPSA) is 33.1 Å². The summed E-state index contributed by atoms with van der Waals surface area (Å²) >= 11 is 0. The van der Waals surface area contributed by atoms with Crippen molar-refractivity contribution in [2.45, 2.75) is 20.0 Å². The van der Waals surface area contributed by atoms with E-state index in [0.29, 0.717) is 0 Å². The minimum atomic E-state index is -0.167. The Balaban J connectivity index is 0.000000217.